The van der Waals surface area contributed by atoms with Gasteiger partial charge in [0.1, 0.15) is 0 Å². The lowest BCUT2D eigenvalue weighted by Crippen LogP contribution is -2.49. The lowest BCUT2D eigenvalue weighted by atomic mass is 10.2. The topological polar surface area (TPSA) is 117 Å². The maximum atomic E-state index is 11.8. The summed E-state index contributed by atoms with van der Waals surface area (Å²) in [6, 6.07) is 2.64. The standard InChI is InChI=1S/C11H9N5O4/c17-7-3-5-15(11(20)12-7)6-2-1-4-16-8(6)13-14-9(16)10(18)19/h1-2,4H,3,5H2,(H,18,19)(H,12,17,20). The van der Waals surface area contributed by atoms with Gasteiger partial charge in [-0.25, -0.2) is 9.59 Å². The molecule has 3 rings (SSSR count). The first-order valence-electron chi connectivity index (χ1n) is 5.76. The van der Waals surface area contributed by atoms with E-state index in [1.165, 1.54) is 15.5 Å². The average molecular weight is 275 g/mol. The van der Waals surface area contributed by atoms with Crippen LogP contribution in [0.5, 0.6) is 0 Å². The molecule has 1 saturated heterocycles. The van der Waals surface area contributed by atoms with Crippen LogP contribution >= 0.6 is 0 Å². The summed E-state index contributed by atoms with van der Waals surface area (Å²) < 4.78 is 1.28. The Morgan fingerprint density at radius 1 is 1.35 bits per heavy atom. The predicted molar refractivity (Wildman–Crippen MR) is 65.4 cm³/mol. The number of anilines is 1. The second-order valence-electron chi connectivity index (χ2n) is 4.17. The Kier molecular flexibility index (Phi) is 2.60. The summed E-state index contributed by atoms with van der Waals surface area (Å²) in [5.41, 5.74) is 0.645. The van der Waals surface area contributed by atoms with Crippen molar-refractivity contribution in [3.63, 3.8) is 0 Å². The summed E-state index contributed by atoms with van der Waals surface area (Å²) in [7, 11) is 0. The molecule has 2 N–H and O–H groups in total. The number of fused-ring (bicyclic) bond motifs is 1. The van der Waals surface area contributed by atoms with Gasteiger partial charge in [-0.2, -0.15) is 0 Å². The van der Waals surface area contributed by atoms with E-state index in [-0.39, 0.29) is 30.3 Å². The molecule has 0 radical (unpaired) electrons. The van der Waals surface area contributed by atoms with Crippen LogP contribution in [0.25, 0.3) is 5.65 Å². The fourth-order valence-corrected chi connectivity index (χ4v) is 2.05. The lowest BCUT2D eigenvalue weighted by molar-refractivity contribution is -0.120. The molecule has 102 valence electrons. The molecule has 3 amide bonds. The Morgan fingerprint density at radius 3 is 2.85 bits per heavy atom. The van der Waals surface area contributed by atoms with Gasteiger partial charge in [-0.1, -0.05) is 0 Å². The number of urea groups is 1. The van der Waals surface area contributed by atoms with Crippen molar-refractivity contribution in [3.8, 4) is 0 Å². The van der Waals surface area contributed by atoms with Crippen LogP contribution < -0.4 is 10.2 Å². The molecule has 1 aliphatic rings. The zero-order chi connectivity index (χ0) is 14.3. The van der Waals surface area contributed by atoms with E-state index in [1.54, 1.807) is 12.1 Å². The first-order chi connectivity index (χ1) is 9.58. The lowest BCUT2D eigenvalue weighted by Gasteiger charge is -2.26. The van der Waals surface area contributed by atoms with Crippen molar-refractivity contribution in [1.29, 1.82) is 0 Å². The number of imide groups is 1. The van der Waals surface area contributed by atoms with Gasteiger partial charge in [0.2, 0.25) is 11.7 Å². The quantitative estimate of drug-likeness (QED) is 0.788. The number of pyridine rings is 1. The van der Waals surface area contributed by atoms with E-state index in [9.17, 15) is 14.4 Å². The third kappa shape index (κ3) is 1.76. The maximum Gasteiger partial charge on any atom is 0.374 e. The van der Waals surface area contributed by atoms with Crippen molar-refractivity contribution in [3.05, 3.63) is 24.2 Å². The van der Waals surface area contributed by atoms with Crippen molar-refractivity contribution < 1.29 is 19.5 Å². The normalized spacial score (nSPS) is 15.5. The molecule has 9 nitrogen and oxygen atoms in total. The SMILES string of the molecule is O=C1CCN(c2cccn3c(C(=O)O)nnc23)C(=O)N1. The summed E-state index contributed by atoms with van der Waals surface area (Å²) in [5.74, 6) is -1.80. The number of carboxylic acid groups (broad SMARTS) is 1. The first-order valence-corrected chi connectivity index (χ1v) is 5.76. The molecule has 1 fully saturated rings. The number of aromatic nitrogens is 3. The van der Waals surface area contributed by atoms with Crippen LogP contribution in [0.4, 0.5) is 10.5 Å². The van der Waals surface area contributed by atoms with E-state index in [2.05, 4.69) is 15.5 Å². The molecular formula is C11H9N5O4. The van der Waals surface area contributed by atoms with Crippen LogP contribution in [-0.2, 0) is 4.79 Å². The molecule has 0 saturated carbocycles. The zero-order valence-corrected chi connectivity index (χ0v) is 10.1. The fourth-order valence-electron chi connectivity index (χ4n) is 2.05. The van der Waals surface area contributed by atoms with E-state index < -0.39 is 12.0 Å². The van der Waals surface area contributed by atoms with Crippen molar-refractivity contribution in [1.82, 2.24) is 19.9 Å². The van der Waals surface area contributed by atoms with Gasteiger partial charge in [0.25, 0.3) is 0 Å². The minimum Gasteiger partial charge on any atom is -0.475 e. The number of carbonyl (C=O) groups excluding carboxylic acids is 2. The number of rotatable bonds is 2. The molecule has 9 heteroatoms. The highest BCUT2D eigenvalue weighted by molar-refractivity contribution is 6.07. The van der Waals surface area contributed by atoms with Gasteiger partial charge in [-0.3, -0.25) is 19.4 Å². The second-order valence-corrected chi connectivity index (χ2v) is 4.17. The van der Waals surface area contributed by atoms with Crippen LogP contribution in [0.15, 0.2) is 18.3 Å². The first kappa shape index (κ1) is 12.1. The summed E-state index contributed by atoms with van der Waals surface area (Å²) in [5, 5.41) is 18.6. The Morgan fingerprint density at radius 2 is 2.15 bits per heavy atom. The highest BCUT2D eigenvalue weighted by Crippen LogP contribution is 2.22. The van der Waals surface area contributed by atoms with Crippen molar-refractivity contribution in [2.24, 2.45) is 0 Å². The number of nitrogens with one attached hydrogen (secondary N) is 1. The minimum absolute atomic E-state index is 0.173. The highest BCUT2D eigenvalue weighted by Gasteiger charge is 2.27. The summed E-state index contributed by atoms with van der Waals surface area (Å²) >= 11 is 0. The van der Waals surface area contributed by atoms with Gasteiger partial charge in [0.05, 0.1) is 5.69 Å². The van der Waals surface area contributed by atoms with Crippen LogP contribution in [0, 0.1) is 0 Å². The molecule has 0 spiro atoms. The van der Waals surface area contributed by atoms with E-state index in [4.69, 9.17) is 5.11 Å². The molecule has 0 bridgehead atoms. The third-order valence-corrected chi connectivity index (χ3v) is 2.95. The van der Waals surface area contributed by atoms with E-state index in [0.29, 0.717) is 5.69 Å². The van der Waals surface area contributed by atoms with Crippen molar-refractivity contribution in [2.75, 3.05) is 11.4 Å². The predicted octanol–water partition coefficient (Wildman–Crippen LogP) is -0.126. The molecule has 0 aromatic carbocycles. The Labute approximate surface area is 111 Å². The van der Waals surface area contributed by atoms with Crippen LogP contribution in [0.3, 0.4) is 0 Å². The zero-order valence-electron chi connectivity index (χ0n) is 10.1. The van der Waals surface area contributed by atoms with Gasteiger partial charge in [-0.05, 0) is 12.1 Å². The van der Waals surface area contributed by atoms with Crippen LogP contribution in [0.2, 0.25) is 0 Å². The summed E-state index contributed by atoms with van der Waals surface area (Å²) in [6.45, 7) is 0.208. The molecule has 20 heavy (non-hydrogen) atoms. The molecule has 2 aromatic heterocycles. The monoisotopic (exact) mass is 275 g/mol. The molecule has 0 atom stereocenters. The largest absolute Gasteiger partial charge is 0.475 e. The van der Waals surface area contributed by atoms with Gasteiger partial charge in [0.15, 0.2) is 5.65 Å². The number of aromatic carboxylic acids is 1. The molecule has 1 aliphatic heterocycles. The number of carbonyl (C=O) groups is 3. The Balaban J connectivity index is 2.10. The van der Waals surface area contributed by atoms with E-state index in [1.807, 2.05) is 0 Å². The Hall–Kier alpha value is -2.97. The van der Waals surface area contributed by atoms with Gasteiger partial charge < -0.3 is 5.11 Å². The molecule has 3 heterocycles. The van der Waals surface area contributed by atoms with Crippen molar-refractivity contribution in [2.45, 2.75) is 6.42 Å². The summed E-state index contributed by atoms with van der Waals surface area (Å²) in [4.78, 5) is 35.3. The van der Waals surface area contributed by atoms with Crippen LogP contribution in [-0.4, -0.2) is 44.2 Å². The number of nitrogens with zero attached hydrogens (tertiary/aromatic N) is 4. The van der Waals surface area contributed by atoms with Gasteiger partial charge >= 0.3 is 12.0 Å². The summed E-state index contributed by atoms with van der Waals surface area (Å²) in [6.07, 6.45) is 1.67. The van der Waals surface area contributed by atoms with Gasteiger partial charge in [-0.15, -0.1) is 10.2 Å². The average Bonchev–Trinajstić information content (AvgIpc) is 2.82. The highest BCUT2D eigenvalue weighted by atomic mass is 16.4. The third-order valence-electron chi connectivity index (χ3n) is 2.95. The van der Waals surface area contributed by atoms with E-state index in [0.717, 1.165) is 0 Å². The smallest absolute Gasteiger partial charge is 0.374 e. The van der Waals surface area contributed by atoms with E-state index >= 15 is 0 Å². The molecule has 0 aliphatic carbocycles. The number of hydrogen-bond acceptors (Lipinski definition) is 5. The maximum absolute atomic E-state index is 11.8. The molecule has 2 aromatic rings. The minimum atomic E-state index is -1.21. The molecule has 0 unspecified atom stereocenters. The fraction of sp³-hybridized carbons (Fsp3) is 0.182. The van der Waals surface area contributed by atoms with Crippen LogP contribution in [0.1, 0.15) is 17.0 Å². The Bertz CT molecular complexity index is 737. The number of hydrogen-bond donors (Lipinski definition) is 2. The number of carboxylic acids is 1. The van der Waals surface area contributed by atoms with Gasteiger partial charge in [0, 0.05) is 19.2 Å². The number of amides is 3. The molecular weight excluding hydrogens is 266 g/mol. The second kappa shape index (κ2) is 4.30. The van der Waals surface area contributed by atoms with Crippen molar-refractivity contribution >= 4 is 29.2 Å².